The first kappa shape index (κ1) is 10.3. The molecule has 3 atom stereocenters. The van der Waals surface area contributed by atoms with E-state index in [1.54, 1.807) is 0 Å². The average Bonchev–Trinajstić information content (AvgIpc) is 3.01. The summed E-state index contributed by atoms with van der Waals surface area (Å²) in [7, 11) is 0. The van der Waals surface area contributed by atoms with E-state index in [1.165, 1.54) is 24.8 Å². The van der Waals surface area contributed by atoms with Gasteiger partial charge in [0.15, 0.2) is 0 Å². The van der Waals surface area contributed by atoms with Gasteiger partial charge in [0, 0.05) is 18.6 Å². The summed E-state index contributed by atoms with van der Waals surface area (Å²) in [5, 5.41) is 3.62. The molecular formula is C14H19NO. The molecule has 0 radical (unpaired) electrons. The number of hydrogen-bond donors (Lipinski definition) is 1. The van der Waals surface area contributed by atoms with Crippen molar-refractivity contribution in [2.45, 2.75) is 31.4 Å². The van der Waals surface area contributed by atoms with Crippen LogP contribution in [0.25, 0.3) is 0 Å². The molecule has 2 nitrogen and oxygen atoms in total. The summed E-state index contributed by atoms with van der Waals surface area (Å²) >= 11 is 0. The monoisotopic (exact) mass is 217 g/mol. The van der Waals surface area contributed by atoms with Crippen molar-refractivity contribution < 1.29 is 4.74 Å². The Balaban J connectivity index is 1.78. The SMILES string of the molecule is c1ccc(C2NCCC2C2CCCO2)cc1. The van der Waals surface area contributed by atoms with Crippen LogP contribution < -0.4 is 5.32 Å². The van der Waals surface area contributed by atoms with Crippen LogP contribution in [0.2, 0.25) is 0 Å². The van der Waals surface area contributed by atoms with Crippen LogP contribution in [0.15, 0.2) is 30.3 Å². The van der Waals surface area contributed by atoms with E-state index in [0.29, 0.717) is 18.1 Å². The molecule has 0 aromatic heterocycles. The van der Waals surface area contributed by atoms with Crippen molar-refractivity contribution in [3.8, 4) is 0 Å². The zero-order valence-electron chi connectivity index (χ0n) is 9.56. The molecule has 0 amide bonds. The van der Waals surface area contributed by atoms with Crippen LogP contribution in [0.4, 0.5) is 0 Å². The van der Waals surface area contributed by atoms with Gasteiger partial charge in [0.25, 0.3) is 0 Å². The van der Waals surface area contributed by atoms with Gasteiger partial charge in [-0.15, -0.1) is 0 Å². The van der Waals surface area contributed by atoms with E-state index in [-0.39, 0.29) is 0 Å². The van der Waals surface area contributed by atoms with E-state index in [9.17, 15) is 0 Å². The Morgan fingerprint density at radius 1 is 1.12 bits per heavy atom. The van der Waals surface area contributed by atoms with Crippen LogP contribution in [0.1, 0.15) is 30.9 Å². The maximum atomic E-state index is 5.85. The Morgan fingerprint density at radius 2 is 2.00 bits per heavy atom. The molecule has 0 saturated carbocycles. The Labute approximate surface area is 97.0 Å². The molecule has 0 spiro atoms. The quantitative estimate of drug-likeness (QED) is 0.822. The maximum absolute atomic E-state index is 5.85. The van der Waals surface area contributed by atoms with Crippen LogP contribution in [-0.2, 0) is 4.74 Å². The van der Waals surface area contributed by atoms with Crippen LogP contribution in [0, 0.1) is 5.92 Å². The van der Waals surface area contributed by atoms with Gasteiger partial charge in [-0.25, -0.2) is 0 Å². The molecular weight excluding hydrogens is 198 g/mol. The first-order chi connectivity index (χ1) is 7.95. The fourth-order valence-corrected chi connectivity index (χ4v) is 3.09. The maximum Gasteiger partial charge on any atom is 0.0622 e. The first-order valence-electron chi connectivity index (χ1n) is 6.35. The van der Waals surface area contributed by atoms with E-state index in [1.807, 2.05) is 0 Å². The summed E-state index contributed by atoms with van der Waals surface area (Å²) in [6.07, 6.45) is 4.22. The smallest absolute Gasteiger partial charge is 0.0622 e. The Bertz CT molecular complexity index is 332. The summed E-state index contributed by atoms with van der Waals surface area (Å²) in [6.45, 7) is 2.09. The Hall–Kier alpha value is -0.860. The van der Waals surface area contributed by atoms with Crippen molar-refractivity contribution in [1.82, 2.24) is 5.32 Å². The molecule has 2 aliphatic heterocycles. The largest absolute Gasteiger partial charge is 0.378 e. The lowest BCUT2D eigenvalue weighted by atomic mass is 9.88. The van der Waals surface area contributed by atoms with Crippen molar-refractivity contribution in [3.63, 3.8) is 0 Å². The van der Waals surface area contributed by atoms with Gasteiger partial charge >= 0.3 is 0 Å². The molecule has 0 aliphatic carbocycles. The topological polar surface area (TPSA) is 21.3 Å². The van der Waals surface area contributed by atoms with Crippen molar-refractivity contribution >= 4 is 0 Å². The molecule has 86 valence electrons. The van der Waals surface area contributed by atoms with E-state index in [2.05, 4.69) is 35.6 Å². The predicted octanol–water partition coefficient (Wildman–Crippen LogP) is 2.52. The number of rotatable bonds is 2. The Morgan fingerprint density at radius 3 is 2.75 bits per heavy atom. The van der Waals surface area contributed by atoms with Gasteiger partial charge in [-0.3, -0.25) is 0 Å². The summed E-state index contributed by atoms with van der Waals surface area (Å²) in [5.41, 5.74) is 1.42. The minimum absolute atomic E-state index is 0.486. The van der Waals surface area contributed by atoms with Crippen molar-refractivity contribution in [1.29, 1.82) is 0 Å². The number of benzene rings is 1. The minimum atomic E-state index is 0.486. The number of ether oxygens (including phenoxy) is 1. The lowest BCUT2D eigenvalue weighted by molar-refractivity contribution is 0.0578. The zero-order chi connectivity index (χ0) is 10.8. The molecule has 1 aromatic rings. The molecule has 2 fully saturated rings. The molecule has 2 saturated heterocycles. The van der Waals surface area contributed by atoms with Crippen LogP contribution in [0.3, 0.4) is 0 Å². The van der Waals surface area contributed by atoms with Crippen molar-refractivity contribution in [3.05, 3.63) is 35.9 Å². The molecule has 2 heteroatoms. The molecule has 2 aliphatic rings. The fraction of sp³-hybridized carbons (Fsp3) is 0.571. The van der Waals surface area contributed by atoms with Gasteiger partial charge in [-0.2, -0.15) is 0 Å². The molecule has 0 bridgehead atoms. The van der Waals surface area contributed by atoms with E-state index >= 15 is 0 Å². The summed E-state index contributed by atoms with van der Waals surface area (Å²) in [6, 6.07) is 11.3. The van der Waals surface area contributed by atoms with E-state index in [4.69, 9.17) is 4.74 Å². The second-order valence-electron chi connectivity index (χ2n) is 4.85. The fourth-order valence-electron chi connectivity index (χ4n) is 3.09. The van der Waals surface area contributed by atoms with Crippen LogP contribution in [0.5, 0.6) is 0 Å². The third-order valence-corrected chi connectivity index (χ3v) is 3.87. The predicted molar refractivity (Wildman–Crippen MR) is 64.3 cm³/mol. The van der Waals surface area contributed by atoms with Gasteiger partial charge in [0.1, 0.15) is 0 Å². The van der Waals surface area contributed by atoms with Gasteiger partial charge in [-0.1, -0.05) is 30.3 Å². The van der Waals surface area contributed by atoms with Gasteiger partial charge in [0.05, 0.1) is 6.10 Å². The lowest BCUT2D eigenvalue weighted by Gasteiger charge is -2.24. The lowest BCUT2D eigenvalue weighted by Crippen LogP contribution is -2.26. The zero-order valence-corrected chi connectivity index (χ0v) is 9.56. The molecule has 16 heavy (non-hydrogen) atoms. The highest BCUT2D eigenvalue weighted by Gasteiger charge is 2.36. The summed E-state index contributed by atoms with van der Waals surface area (Å²) in [4.78, 5) is 0. The summed E-state index contributed by atoms with van der Waals surface area (Å²) < 4.78 is 5.85. The molecule has 1 aromatic carbocycles. The molecule has 1 N–H and O–H groups in total. The second-order valence-corrected chi connectivity index (χ2v) is 4.85. The minimum Gasteiger partial charge on any atom is -0.378 e. The third kappa shape index (κ3) is 1.87. The molecule has 2 heterocycles. The normalized spacial score (nSPS) is 34.4. The highest BCUT2D eigenvalue weighted by molar-refractivity contribution is 5.21. The molecule has 3 rings (SSSR count). The standard InChI is InChI=1S/C14H19NO/c1-2-5-11(6-3-1)14-12(8-9-15-14)13-7-4-10-16-13/h1-3,5-6,12-15H,4,7-10H2. The average molecular weight is 217 g/mol. The number of nitrogens with one attached hydrogen (secondary N) is 1. The van der Waals surface area contributed by atoms with Crippen LogP contribution >= 0.6 is 0 Å². The highest BCUT2D eigenvalue weighted by Crippen LogP contribution is 2.36. The Kier molecular flexibility index (Phi) is 2.94. The van der Waals surface area contributed by atoms with E-state index < -0.39 is 0 Å². The van der Waals surface area contributed by atoms with Crippen molar-refractivity contribution in [2.24, 2.45) is 5.92 Å². The van der Waals surface area contributed by atoms with E-state index in [0.717, 1.165) is 13.2 Å². The van der Waals surface area contributed by atoms with Gasteiger partial charge in [-0.05, 0) is 31.4 Å². The van der Waals surface area contributed by atoms with Crippen molar-refractivity contribution in [2.75, 3.05) is 13.2 Å². The molecule has 3 unspecified atom stereocenters. The highest BCUT2D eigenvalue weighted by atomic mass is 16.5. The van der Waals surface area contributed by atoms with Gasteiger partial charge < -0.3 is 10.1 Å². The number of hydrogen-bond acceptors (Lipinski definition) is 2. The first-order valence-corrected chi connectivity index (χ1v) is 6.35. The third-order valence-electron chi connectivity index (χ3n) is 3.87. The van der Waals surface area contributed by atoms with Gasteiger partial charge in [0.2, 0.25) is 0 Å². The van der Waals surface area contributed by atoms with Crippen LogP contribution in [-0.4, -0.2) is 19.3 Å². The summed E-state index contributed by atoms with van der Waals surface area (Å²) in [5.74, 6) is 0.671. The second kappa shape index (κ2) is 4.56.